The van der Waals surface area contributed by atoms with Crippen LogP contribution in [0.5, 0.6) is 0 Å². The number of hydrogen-bond acceptors (Lipinski definition) is 3. The second kappa shape index (κ2) is 3.55. The van der Waals surface area contributed by atoms with Crippen molar-refractivity contribution in [3.8, 4) is 0 Å². The third kappa shape index (κ3) is 2.21. The van der Waals surface area contributed by atoms with Crippen LogP contribution >= 0.6 is 0 Å². The van der Waals surface area contributed by atoms with E-state index in [0.717, 1.165) is 0 Å². The van der Waals surface area contributed by atoms with E-state index < -0.39 is 10.0 Å². The zero-order valence-electron chi connectivity index (χ0n) is 8.41. The fourth-order valence-corrected chi connectivity index (χ4v) is 3.23. The van der Waals surface area contributed by atoms with Gasteiger partial charge >= 0.3 is 0 Å². The molecule has 0 aromatic heterocycles. The third-order valence-corrected chi connectivity index (χ3v) is 4.33. The fraction of sp³-hybridized carbons (Fsp3) is 1.00. The molecule has 0 atom stereocenters. The van der Waals surface area contributed by atoms with Gasteiger partial charge in [-0.25, -0.2) is 8.42 Å². The Kier molecular flexibility index (Phi) is 2.99. The average molecular weight is 207 g/mol. The van der Waals surface area contributed by atoms with Crippen molar-refractivity contribution in [3.05, 3.63) is 0 Å². The van der Waals surface area contributed by atoms with Crippen LogP contribution in [0.3, 0.4) is 0 Å². The van der Waals surface area contributed by atoms with E-state index in [-0.39, 0.29) is 18.0 Å². The maximum absolute atomic E-state index is 11.7. The van der Waals surface area contributed by atoms with Crippen molar-refractivity contribution in [2.45, 2.75) is 32.7 Å². The van der Waals surface area contributed by atoms with E-state index in [1.807, 2.05) is 20.8 Å². The first kappa shape index (κ1) is 10.9. The molecule has 0 saturated carbocycles. The van der Waals surface area contributed by atoms with Crippen LogP contribution in [0.2, 0.25) is 0 Å². The van der Waals surface area contributed by atoms with Crippen molar-refractivity contribution in [2.75, 3.05) is 19.1 Å². The molecule has 1 fully saturated rings. The van der Waals surface area contributed by atoms with Gasteiger partial charge in [-0.2, -0.15) is 4.31 Å². The molecule has 0 aliphatic carbocycles. The van der Waals surface area contributed by atoms with Crippen LogP contribution in [0.4, 0.5) is 0 Å². The maximum atomic E-state index is 11.7. The molecule has 5 heteroatoms. The molecule has 0 radical (unpaired) electrons. The predicted molar refractivity (Wildman–Crippen MR) is 50.8 cm³/mol. The molecular weight excluding hydrogens is 190 g/mol. The van der Waals surface area contributed by atoms with Crippen LogP contribution in [0.15, 0.2) is 0 Å². The quantitative estimate of drug-likeness (QED) is 0.687. The zero-order chi connectivity index (χ0) is 10.1. The fourth-order valence-electron chi connectivity index (χ4n) is 1.45. The van der Waals surface area contributed by atoms with Crippen LogP contribution in [0.1, 0.15) is 27.2 Å². The molecule has 1 rings (SSSR count). The molecule has 0 amide bonds. The van der Waals surface area contributed by atoms with E-state index >= 15 is 0 Å². The Hall–Kier alpha value is -0.130. The van der Waals surface area contributed by atoms with Crippen molar-refractivity contribution >= 4 is 10.0 Å². The Labute approximate surface area is 79.9 Å². The average Bonchev–Trinajstić information content (AvgIpc) is 2.29. The highest BCUT2D eigenvalue weighted by Crippen LogP contribution is 2.25. The number of nitrogens with zero attached hydrogens (tertiary/aromatic N) is 1. The van der Waals surface area contributed by atoms with Crippen LogP contribution in [-0.4, -0.2) is 37.4 Å². The normalized spacial score (nSPS) is 23.6. The summed E-state index contributed by atoms with van der Waals surface area (Å²) in [4.78, 5) is 0. The summed E-state index contributed by atoms with van der Waals surface area (Å²) in [5.74, 6) is 0.208. The lowest BCUT2D eigenvalue weighted by molar-refractivity contribution is 0.171. The number of ether oxygens (including phenoxy) is 1. The van der Waals surface area contributed by atoms with E-state index in [1.54, 1.807) is 0 Å². The lowest BCUT2D eigenvalue weighted by atomic mass is 10.1. The summed E-state index contributed by atoms with van der Waals surface area (Å²) in [6, 6.07) is 0. The van der Waals surface area contributed by atoms with E-state index in [4.69, 9.17) is 4.74 Å². The van der Waals surface area contributed by atoms with E-state index in [1.165, 1.54) is 4.31 Å². The maximum Gasteiger partial charge on any atom is 0.216 e. The van der Waals surface area contributed by atoms with E-state index in [0.29, 0.717) is 13.0 Å². The van der Waals surface area contributed by atoms with Gasteiger partial charge in [0.2, 0.25) is 10.0 Å². The van der Waals surface area contributed by atoms with Crippen LogP contribution in [0, 0.1) is 0 Å². The topological polar surface area (TPSA) is 46.6 Å². The smallest absolute Gasteiger partial charge is 0.216 e. The largest absolute Gasteiger partial charge is 0.363 e. The van der Waals surface area contributed by atoms with Crippen molar-refractivity contribution in [1.82, 2.24) is 4.31 Å². The molecule has 0 aromatic rings. The third-order valence-electron chi connectivity index (χ3n) is 2.14. The monoisotopic (exact) mass is 207 g/mol. The first-order valence-electron chi connectivity index (χ1n) is 4.48. The van der Waals surface area contributed by atoms with Gasteiger partial charge in [0.05, 0.1) is 17.9 Å². The van der Waals surface area contributed by atoms with Crippen LogP contribution < -0.4 is 0 Å². The zero-order valence-corrected chi connectivity index (χ0v) is 9.23. The van der Waals surface area contributed by atoms with Gasteiger partial charge in [0, 0.05) is 0 Å². The molecule has 0 aromatic carbocycles. The van der Waals surface area contributed by atoms with Gasteiger partial charge in [-0.05, 0) is 20.3 Å². The molecule has 1 aliphatic rings. The highest BCUT2D eigenvalue weighted by atomic mass is 32.2. The summed E-state index contributed by atoms with van der Waals surface area (Å²) in [5, 5.41) is 0. The molecule has 4 nitrogen and oxygen atoms in total. The molecule has 1 saturated heterocycles. The molecule has 0 unspecified atom stereocenters. The number of sulfonamides is 1. The Morgan fingerprint density at radius 1 is 1.46 bits per heavy atom. The number of rotatable bonds is 3. The number of hydrogen-bond donors (Lipinski definition) is 0. The summed E-state index contributed by atoms with van der Waals surface area (Å²) >= 11 is 0. The summed E-state index contributed by atoms with van der Waals surface area (Å²) in [6.45, 7) is 6.31. The molecule has 1 aliphatic heterocycles. The van der Waals surface area contributed by atoms with Gasteiger partial charge < -0.3 is 4.74 Å². The molecule has 0 bridgehead atoms. The van der Waals surface area contributed by atoms with E-state index in [9.17, 15) is 8.42 Å². The Balaban J connectivity index is 2.83. The highest BCUT2D eigenvalue weighted by Gasteiger charge is 2.40. The van der Waals surface area contributed by atoms with Gasteiger partial charge in [0.1, 0.15) is 6.73 Å². The standard InChI is InChI=1S/C8H17NO3S/c1-4-5-13(10,11)9-7-12-6-8(9,2)3/h4-7H2,1-3H3. The second-order valence-electron chi connectivity index (χ2n) is 3.95. The molecule has 13 heavy (non-hydrogen) atoms. The van der Waals surface area contributed by atoms with Crippen LogP contribution in [0.25, 0.3) is 0 Å². The van der Waals surface area contributed by atoms with Gasteiger partial charge in [0.25, 0.3) is 0 Å². The Bertz CT molecular complexity index is 271. The molecule has 1 heterocycles. The summed E-state index contributed by atoms with van der Waals surface area (Å²) in [5.41, 5.74) is -0.381. The minimum atomic E-state index is -3.11. The first-order chi connectivity index (χ1) is 5.90. The van der Waals surface area contributed by atoms with Crippen molar-refractivity contribution in [2.24, 2.45) is 0 Å². The van der Waals surface area contributed by atoms with Crippen molar-refractivity contribution in [1.29, 1.82) is 0 Å². The summed E-state index contributed by atoms with van der Waals surface area (Å²) in [7, 11) is -3.11. The minimum Gasteiger partial charge on any atom is -0.363 e. The minimum absolute atomic E-state index is 0.204. The lowest BCUT2D eigenvalue weighted by Gasteiger charge is -2.27. The summed E-state index contributed by atoms with van der Waals surface area (Å²) in [6.07, 6.45) is 0.648. The van der Waals surface area contributed by atoms with Gasteiger partial charge in [-0.3, -0.25) is 0 Å². The Morgan fingerprint density at radius 2 is 2.08 bits per heavy atom. The van der Waals surface area contributed by atoms with Gasteiger partial charge in [-0.15, -0.1) is 0 Å². The van der Waals surface area contributed by atoms with Crippen molar-refractivity contribution < 1.29 is 13.2 Å². The van der Waals surface area contributed by atoms with Crippen molar-refractivity contribution in [3.63, 3.8) is 0 Å². The Morgan fingerprint density at radius 3 is 2.46 bits per heavy atom. The van der Waals surface area contributed by atoms with Gasteiger partial charge in [0.15, 0.2) is 0 Å². The van der Waals surface area contributed by atoms with E-state index in [2.05, 4.69) is 0 Å². The molecule has 0 N–H and O–H groups in total. The van der Waals surface area contributed by atoms with Gasteiger partial charge in [-0.1, -0.05) is 6.92 Å². The second-order valence-corrected chi connectivity index (χ2v) is 5.97. The molecule has 0 spiro atoms. The lowest BCUT2D eigenvalue weighted by Crippen LogP contribution is -2.45. The SMILES string of the molecule is CCCS(=O)(=O)N1COCC1(C)C. The molecule has 78 valence electrons. The summed E-state index contributed by atoms with van der Waals surface area (Å²) < 4.78 is 30.0. The van der Waals surface area contributed by atoms with Crippen LogP contribution in [-0.2, 0) is 14.8 Å². The first-order valence-corrected chi connectivity index (χ1v) is 6.09. The predicted octanol–water partition coefficient (Wildman–Crippen LogP) is 0.794. The highest BCUT2D eigenvalue weighted by molar-refractivity contribution is 7.89. The molecular formula is C8H17NO3S.